The predicted molar refractivity (Wildman–Crippen MR) is 68.0 cm³/mol. The minimum atomic E-state index is 0.144. The molecule has 1 amide bonds. The maximum absolute atomic E-state index is 11.5. The minimum absolute atomic E-state index is 0.144. The molecule has 3 rings (SSSR count). The molecule has 1 N–H and O–H groups in total. The number of nitrogens with one attached hydrogen (secondary N) is 1. The van der Waals surface area contributed by atoms with Gasteiger partial charge in [0.05, 0.1) is 6.54 Å². The first-order valence-electron chi connectivity index (χ1n) is 6.67. The maximum atomic E-state index is 11.5. The Morgan fingerprint density at radius 1 is 1.39 bits per heavy atom. The number of hydrogen-bond donors (Lipinski definition) is 1. The highest BCUT2D eigenvalue weighted by molar-refractivity contribution is 5.80. The molecule has 5 nitrogen and oxygen atoms in total. The van der Waals surface area contributed by atoms with E-state index in [2.05, 4.69) is 20.2 Å². The number of hydrogen-bond acceptors (Lipinski definition) is 4. The number of rotatable bonds is 4. The molecular weight excluding hydrogens is 228 g/mol. The highest BCUT2D eigenvalue weighted by Crippen LogP contribution is 2.28. The van der Waals surface area contributed by atoms with Crippen LogP contribution in [-0.4, -0.2) is 29.0 Å². The van der Waals surface area contributed by atoms with E-state index in [4.69, 9.17) is 0 Å². The summed E-state index contributed by atoms with van der Waals surface area (Å²) in [4.78, 5) is 22.5. The van der Waals surface area contributed by atoms with Crippen LogP contribution >= 0.6 is 0 Å². The molecule has 0 spiro atoms. The van der Waals surface area contributed by atoms with E-state index in [0.717, 1.165) is 31.7 Å². The molecule has 0 unspecified atom stereocenters. The summed E-state index contributed by atoms with van der Waals surface area (Å²) in [7, 11) is 0. The summed E-state index contributed by atoms with van der Waals surface area (Å²) in [5.74, 6) is 2.07. The van der Waals surface area contributed by atoms with Gasteiger partial charge < -0.3 is 10.2 Å². The van der Waals surface area contributed by atoms with E-state index in [-0.39, 0.29) is 11.8 Å². The largest absolute Gasteiger partial charge is 0.357 e. The molecule has 96 valence electrons. The smallest absolute Gasteiger partial charge is 0.223 e. The Morgan fingerprint density at radius 3 is 2.89 bits per heavy atom. The number of aromatic nitrogens is 2. The molecule has 1 aromatic heterocycles. The third kappa shape index (κ3) is 2.60. The molecule has 2 fully saturated rings. The quantitative estimate of drug-likeness (QED) is 0.864. The number of nitrogens with zero attached hydrogens (tertiary/aromatic N) is 3. The average molecular weight is 246 g/mol. The van der Waals surface area contributed by atoms with E-state index < -0.39 is 0 Å². The van der Waals surface area contributed by atoms with Crippen molar-refractivity contribution in [3.63, 3.8) is 0 Å². The SMILES string of the molecule is O=C(NCc1nccc(N2CCCC2)n1)C1CC1. The lowest BCUT2D eigenvalue weighted by molar-refractivity contribution is -0.122. The normalized spacial score (nSPS) is 19.0. The average Bonchev–Trinajstić information content (AvgIpc) is 3.11. The zero-order valence-electron chi connectivity index (χ0n) is 10.4. The molecule has 0 bridgehead atoms. The molecule has 18 heavy (non-hydrogen) atoms. The van der Waals surface area contributed by atoms with Gasteiger partial charge in [-0.15, -0.1) is 0 Å². The van der Waals surface area contributed by atoms with Gasteiger partial charge in [0.1, 0.15) is 11.6 Å². The third-order valence-electron chi connectivity index (χ3n) is 3.49. The first kappa shape index (κ1) is 11.4. The van der Waals surface area contributed by atoms with Crippen LogP contribution in [0.2, 0.25) is 0 Å². The van der Waals surface area contributed by atoms with Crippen LogP contribution in [0, 0.1) is 5.92 Å². The van der Waals surface area contributed by atoms with Crippen molar-refractivity contribution in [3.05, 3.63) is 18.1 Å². The number of carbonyl (C=O) groups is 1. The standard InChI is InChI=1S/C13H18N4O/c18-13(10-3-4-10)15-9-11-14-6-5-12(16-11)17-7-1-2-8-17/h5-6,10H,1-4,7-9H2,(H,15,18). The Hall–Kier alpha value is -1.65. The summed E-state index contributed by atoms with van der Waals surface area (Å²) >= 11 is 0. The van der Waals surface area contributed by atoms with Gasteiger partial charge in [0.15, 0.2) is 0 Å². The Balaban J connectivity index is 1.61. The molecule has 1 aliphatic carbocycles. The Labute approximate surface area is 107 Å². The van der Waals surface area contributed by atoms with Crippen molar-refractivity contribution < 1.29 is 4.79 Å². The van der Waals surface area contributed by atoms with E-state index in [9.17, 15) is 4.79 Å². The van der Waals surface area contributed by atoms with E-state index >= 15 is 0 Å². The van der Waals surface area contributed by atoms with E-state index in [1.807, 2.05) is 6.07 Å². The predicted octanol–water partition coefficient (Wildman–Crippen LogP) is 1.10. The Morgan fingerprint density at radius 2 is 2.17 bits per heavy atom. The molecule has 1 saturated heterocycles. The Bertz CT molecular complexity index is 438. The van der Waals surface area contributed by atoms with Crippen LogP contribution < -0.4 is 10.2 Å². The number of amides is 1. The summed E-state index contributed by atoms with van der Waals surface area (Å²) in [5, 5.41) is 2.90. The van der Waals surface area contributed by atoms with Crippen LogP contribution in [0.25, 0.3) is 0 Å². The van der Waals surface area contributed by atoms with Gasteiger partial charge in [-0.25, -0.2) is 9.97 Å². The molecule has 0 atom stereocenters. The second-order valence-corrected chi connectivity index (χ2v) is 5.02. The summed E-state index contributed by atoms with van der Waals surface area (Å²) in [6.07, 6.45) is 6.30. The lowest BCUT2D eigenvalue weighted by Gasteiger charge is -2.16. The van der Waals surface area contributed by atoms with Crippen molar-refractivity contribution >= 4 is 11.7 Å². The van der Waals surface area contributed by atoms with Crippen LogP contribution in [-0.2, 0) is 11.3 Å². The van der Waals surface area contributed by atoms with Gasteiger partial charge >= 0.3 is 0 Å². The van der Waals surface area contributed by atoms with Crippen molar-refractivity contribution in [3.8, 4) is 0 Å². The number of carbonyl (C=O) groups excluding carboxylic acids is 1. The topological polar surface area (TPSA) is 58.1 Å². The van der Waals surface area contributed by atoms with Gasteiger partial charge in [0.2, 0.25) is 5.91 Å². The lowest BCUT2D eigenvalue weighted by atomic mass is 10.4. The molecule has 0 radical (unpaired) electrons. The number of anilines is 1. The zero-order chi connectivity index (χ0) is 12.4. The highest BCUT2D eigenvalue weighted by Gasteiger charge is 2.29. The summed E-state index contributed by atoms with van der Waals surface area (Å²) in [6.45, 7) is 2.59. The van der Waals surface area contributed by atoms with Crippen molar-refractivity contribution in [2.45, 2.75) is 32.2 Å². The van der Waals surface area contributed by atoms with Crippen molar-refractivity contribution in [2.24, 2.45) is 5.92 Å². The lowest BCUT2D eigenvalue weighted by Crippen LogP contribution is -2.26. The van der Waals surface area contributed by atoms with Gasteiger partial charge in [-0.1, -0.05) is 0 Å². The van der Waals surface area contributed by atoms with Gasteiger partial charge in [-0.2, -0.15) is 0 Å². The first-order chi connectivity index (χ1) is 8.83. The molecule has 1 aromatic rings. The summed E-state index contributed by atoms with van der Waals surface area (Å²) < 4.78 is 0. The third-order valence-corrected chi connectivity index (χ3v) is 3.49. The van der Waals surface area contributed by atoms with Crippen LogP contribution in [0.1, 0.15) is 31.5 Å². The minimum Gasteiger partial charge on any atom is -0.357 e. The zero-order valence-corrected chi connectivity index (χ0v) is 10.4. The fourth-order valence-corrected chi connectivity index (χ4v) is 2.25. The molecule has 0 aromatic carbocycles. The van der Waals surface area contributed by atoms with Gasteiger partial charge in [0, 0.05) is 25.2 Å². The first-order valence-corrected chi connectivity index (χ1v) is 6.67. The van der Waals surface area contributed by atoms with Crippen molar-refractivity contribution in [1.82, 2.24) is 15.3 Å². The van der Waals surface area contributed by atoms with Crippen LogP contribution in [0.15, 0.2) is 12.3 Å². The van der Waals surface area contributed by atoms with Crippen molar-refractivity contribution in [1.29, 1.82) is 0 Å². The van der Waals surface area contributed by atoms with Gasteiger partial charge in [-0.3, -0.25) is 4.79 Å². The highest BCUT2D eigenvalue weighted by atomic mass is 16.2. The fraction of sp³-hybridized carbons (Fsp3) is 0.615. The van der Waals surface area contributed by atoms with E-state index in [0.29, 0.717) is 12.4 Å². The second kappa shape index (κ2) is 4.92. The molecule has 1 saturated carbocycles. The van der Waals surface area contributed by atoms with Crippen molar-refractivity contribution in [2.75, 3.05) is 18.0 Å². The van der Waals surface area contributed by atoms with E-state index in [1.54, 1.807) is 6.20 Å². The molecule has 5 heteroatoms. The van der Waals surface area contributed by atoms with Crippen LogP contribution in [0.4, 0.5) is 5.82 Å². The molecule has 2 heterocycles. The van der Waals surface area contributed by atoms with Crippen LogP contribution in [0.3, 0.4) is 0 Å². The van der Waals surface area contributed by atoms with Gasteiger partial charge in [0.25, 0.3) is 0 Å². The fourth-order valence-electron chi connectivity index (χ4n) is 2.25. The summed E-state index contributed by atoms with van der Waals surface area (Å²) in [6, 6.07) is 1.94. The Kier molecular flexibility index (Phi) is 3.13. The van der Waals surface area contributed by atoms with Gasteiger partial charge in [-0.05, 0) is 31.7 Å². The maximum Gasteiger partial charge on any atom is 0.223 e. The second-order valence-electron chi connectivity index (χ2n) is 5.02. The van der Waals surface area contributed by atoms with E-state index in [1.165, 1.54) is 12.8 Å². The molecule has 1 aliphatic heterocycles. The summed E-state index contributed by atoms with van der Waals surface area (Å²) in [5.41, 5.74) is 0. The monoisotopic (exact) mass is 246 g/mol. The van der Waals surface area contributed by atoms with Crippen LogP contribution in [0.5, 0.6) is 0 Å². The molecular formula is C13H18N4O. The molecule has 2 aliphatic rings.